The van der Waals surface area contributed by atoms with E-state index in [-0.39, 0.29) is 34.8 Å². The number of nitrogens with one attached hydrogen (secondary N) is 1. The molecule has 0 unspecified atom stereocenters. The fraction of sp³-hybridized carbons (Fsp3) is 0.263. The molecular formula is C19H18FN3O4S. The molecule has 7 nitrogen and oxygen atoms in total. The van der Waals surface area contributed by atoms with E-state index in [1.807, 2.05) is 0 Å². The predicted octanol–water partition coefficient (Wildman–Crippen LogP) is 3.97. The fourth-order valence-corrected chi connectivity index (χ4v) is 3.38. The van der Waals surface area contributed by atoms with Gasteiger partial charge in [0.15, 0.2) is 5.78 Å². The average Bonchev–Trinajstić information content (AvgIpc) is 3.24. The molecule has 3 rings (SSSR count). The number of hydrogen-bond acceptors (Lipinski definition) is 7. The van der Waals surface area contributed by atoms with Crippen molar-refractivity contribution in [3.63, 3.8) is 0 Å². The highest BCUT2D eigenvalue weighted by molar-refractivity contribution is 7.99. The number of ketones is 1. The molecule has 0 radical (unpaired) electrons. The lowest BCUT2D eigenvalue weighted by Crippen LogP contribution is -2.08. The van der Waals surface area contributed by atoms with Crippen LogP contribution in [-0.4, -0.2) is 39.3 Å². The Morgan fingerprint density at radius 2 is 2.00 bits per heavy atom. The molecule has 0 spiro atoms. The van der Waals surface area contributed by atoms with Gasteiger partial charge in [-0.2, -0.15) is 0 Å². The van der Waals surface area contributed by atoms with Crippen LogP contribution in [0.15, 0.2) is 33.9 Å². The number of aromatic amines is 1. The van der Waals surface area contributed by atoms with Crippen LogP contribution in [0.5, 0.6) is 0 Å². The number of halogens is 1. The predicted molar refractivity (Wildman–Crippen MR) is 101 cm³/mol. The molecule has 28 heavy (non-hydrogen) atoms. The van der Waals surface area contributed by atoms with E-state index in [2.05, 4.69) is 15.2 Å². The summed E-state index contributed by atoms with van der Waals surface area (Å²) in [5.74, 6) is -1.10. The van der Waals surface area contributed by atoms with Crippen molar-refractivity contribution in [2.75, 3.05) is 12.4 Å². The fourth-order valence-electron chi connectivity index (χ4n) is 2.75. The number of hydrogen-bond donors (Lipinski definition) is 1. The molecule has 2 aromatic heterocycles. The van der Waals surface area contributed by atoms with E-state index in [1.54, 1.807) is 32.9 Å². The number of rotatable bonds is 7. The maximum absolute atomic E-state index is 13.8. The lowest BCUT2D eigenvalue weighted by Gasteiger charge is -2.02. The SMILES string of the molecule is CCOC(=O)c1c(C)[nH]c(C(=O)CSc2nnc(-c3ccccc3F)o2)c1C. The zero-order valence-electron chi connectivity index (χ0n) is 15.5. The Morgan fingerprint density at radius 3 is 2.71 bits per heavy atom. The van der Waals surface area contributed by atoms with E-state index in [0.717, 1.165) is 11.8 Å². The summed E-state index contributed by atoms with van der Waals surface area (Å²) in [6.45, 7) is 5.37. The topological polar surface area (TPSA) is 98.1 Å². The van der Waals surface area contributed by atoms with Crippen molar-refractivity contribution in [1.29, 1.82) is 0 Å². The average molecular weight is 403 g/mol. The van der Waals surface area contributed by atoms with Crippen LogP contribution in [0.1, 0.15) is 39.0 Å². The number of nitrogens with zero attached hydrogens (tertiary/aromatic N) is 2. The third-order valence-electron chi connectivity index (χ3n) is 4.03. The first-order valence-electron chi connectivity index (χ1n) is 8.53. The van der Waals surface area contributed by atoms with E-state index in [4.69, 9.17) is 9.15 Å². The summed E-state index contributed by atoms with van der Waals surface area (Å²) in [7, 11) is 0. The van der Waals surface area contributed by atoms with Crippen molar-refractivity contribution in [2.45, 2.75) is 26.0 Å². The summed E-state index contributed by atoms with van der Waals surface area (Å²) in [6.07, 6.45) is 0. The number of esters is 1. The molecule has 0 fully saturated rings. The summed E-state index contributed by atoms with van der Waals surface area (Å²) in [6, 6.07) is 6.06. The highest BCUT2D eigenvalue weighted by atomic mass is 32.2. The molecule has 0 aliphatic heterocycles. The normalized spacial score (nSPS) is 10.9. The monoisotopic (exact) mass is 403 g/mol. The Hall–Kier alpha value is -2.94. The van der Waals surface area contributed by atoms with Gasteiger partial charge in [0.05, 0.1) is 29.2 Å². The van der Waals surface area contributed by atoms with Crippen molar-refractivity contribution < 1.29 is 23.1 Å². The number of carbonyl (C=O) groups excluding carboxylic acids is 2. The molecule has 0 aliphatic rings. The van der Waals surface area contributed by atoms with Crippen molar-refractivity contribution >= 4 is 23.5 Å². The van der Waals surface area contributed by atoms with Crippen LogP contribution in [0.25, 0.3) is 11.5 Å². The number of aromatic nitrogens is 3. The minimum atomic E-state index is -0.470. The number of ether oxygens (including phenoxy) is 1. The van der Waals surface area contributed by atoms with E-state index < -0.39 is 11.8 Å². The standard InChI is InChI=1S/C19H18FN3O4S/c1-4-26-18(25)15-10(2)16(21-11(15)3)14(24)9-28-19-23-22-17(27-19)12-7-5-6-8-13(12)20/h5-8,21H,4,9H2,1-3H3. The lowest BCUT2D eigenvalue weighted by atomic mass is 10.1. The summed E-state index contributed by atoms with van der Waals surface area (Å²) in [5.41, 5.74) is 2.02. The Morgan fingerprint density at radius 1 is 1.25 bits per heavy atom. The summed E-state index contributed by atoms with van der Waals surface area (Å²) < 4.78 is 24.3. The Bertz CT molecular complexity index is 1030. The van der Waals surface area contributed by atoms with E-state index in [9.17, 15) is 14.0 Å². The highest BCUT2D eigenvalue weighted by Crippen LogP contribution is 2.26. The molecule has 3 aromatic rings. The van der Waals surface area contributed by atoms with Crippen molar-refractivity contribution in [3.05, 3.63) is 52.6 Å². The lowest BCUT2D eigenvalue weighted by molar-refractivity contribution is 0.0525. The van der Waals surface area contributed by atoms with Gasteiger partial charge in [-0.05, 0) is 38.5 Å². The van der Waals surface area contributed by atoms with Crippen LogP contribution in [0.2, 0.25) is 0 Å². The first-order valence-corrected chi connectivity index (χ1v) is 9.51. The summed E-state index contributed by atoms with van der Waals surface area (Å²) in [4.78, 5) is 27.6. The van der Waals surface area contributed by atoms with Gasteiger partial charge in [-0.25, -0.2) is 9.18 Å². The van der Waals surface area contributed by atoms with Gasteiger partial charge in [0.2, 0.25) is 0 Å². The molecule has 146 valence electrons. The Balaban J connectivity index is 1.71. The first kappa shape index (κ1) is 19.8. The number of carbonyl (C=O) groups is 2. The van der Waals surface area contributed by atoms with Gasteiger partial charge in [-0.15, -0.1) is 10.2 Å². The van der Waals surface area contributed by atoms with Gasteiger partial charge in [0, 0.05) is 5.69 Å². The first-order chi connectivity index (χ1) is 13.4. The van der Waals surface area contributed by atoms with Gasteiger partial charge in [-0.1, -0.05) is 23.9 Å². The van der Waals surface area contributed by atoms with Gasteiger partial charge < -0.3 is 14.1 Å². The van der Waals surface area contributed by atoms with E-state index in [1.165, 1.54) is 12.1 Å². The number of H-pyrrole nitrogens is 1. The van der Waals surface area contributed by atoms with Crippen LogP contribution in [0.3, 0.4) is 0 Å². The minimum Gasteiger partial charge on any atom is -0.462 e. The molecule has 0 aliphatic carbocycles. The number of aryl methyl sites for hydroxylation is 1. The van der Waals surface area contributed by atoms with Gasteiger partial charge in [-0.3, -0.25) is 4.79 Å². The third kappa shape index (κ3) is 3.99. The van der Waals surface area contributed by atoms with Gasteiger partial charge in [0.25, 0.3) is 11.1 Å². The van der Waals surface area contributed by atoms with Crippen LogP contribution in [-0.2, 0) is 4.74 Å². The zero-order valence-corrected chi connectivity index (χ0v) is 16.4. The van der Waals surface area contributed by atoms with Gasteiger partial charge >= 0.3 is 5.97 Å². The smallest absolute Gasteiger partial charge is 0.340 e. The highest BCUT2D eigenvalue weighted by Gasteiger charge is 2.23. The molecule has 0 amide bonds. The zero-order chi connectivity index (χ0) is 20.3. The molecule has 2 heterocycles. The molecule has 1 N–H and O–H groups in total. The van der Waals surface area contributed by atoms with Crippen LogP contribution < -0.4 is 0 Å². The van der Waals surface area contributed by atoms with Crippen LogP contribution in [0.4, 0.5) is 4.39 Å². The minimum absolute atomic E-state index is 0.0158. The molecule has 0 saturated carbocycles. The largest absolute Gasteiger partial charge is 0.462 e. The second-order valence-corrected chi connectivity index (χ2v) is 6.84. The quantitative estimate of drug-likeness (QED) is 0.362. The molecule has 0 bridgehead atoms. The van der Waals surface area contributed by atoms with E-state index in [0.29, 0.717) is 22.5 Å². The van der Waals surface area contributed by atoms with Crippen LogP contribution >= 0.6 is 11.8 Å². The van der Waals surface area contributed by atoms with Crippen molar-refractivity contribution in [3.8, 4) is 11.5 Å². The Kier molecular flexibility index (Phi) is 5.93. The number of thioether (sulfide) groups is 1. The van der Waals surface area contributed by atoms with Crippen molar-refractivity contribution in [1.82, 2.24) is 15.2 Å². The summed E-state index contributed by atoms with van der Waals surface area (Å²) >= 11 is 1.04. The molecule has 9 heteroatoms. The van der Waals surface area contributed by atoms with E-state index >= 15 is 0 Å². The second kappa shape index (κ2) is 8.39. The molecule has 0 atom stereocenters. The van der Waals surface area contributed by atoms with Gasteiger partial charge in [0.1, 0.15) is 5.82 Å². The van der Waals surface area contributed by atoms with Crippen molar-refractivity contribution in [2.24, 2.45) is 0 Å². The number of Topliss-reactive ketones (excluding diaryl/α,β-unsaturated/α-hetero) is 1. The number of benzene rings is 1. The summed E-state index contributed by atoms with van der Waals surface area (Å²) in [5, 5.41) is 7.81. The third-order valence-corrected chi connectivity index (χ3v) is 4.85. The molecular weight excluding hydrogens is 385 g/mol. The Labute approximate surface area is 164 Å². The van der Waals surface area contributed by atoms with Crippen LogP contribution in [0, 0.1) is 19.7 Å². The molecule has 1 aromatic carbocycles. The maximum Gasteiger partial charge on any atom is 0.340 e. The molecule has 0 saturated heterocycles. The second-order valence-electron chi connectivity index (χ2n) is 5.91. The maximum atomic E-state index is 13.8.